The highest BCUT2D eigenvalue weighted by Crippen LogP contribution is 2.22. The molecular weight excluding hydrogens is 342 g/mol. The minimum atomic E-state index is -3.29. The van der Waals surface area contributed by atoms with E-state index in [1.807, 2.05) is 18.7 Å². The van der Waals surface area contributed by atoms with Crippen LogP contribution in [0.15, 0.2) is 0 Å². The highest BCUT2D eigenvalue weighted by molar-refractivity contribution is 7.88. The molecule has 1 atom stereocenters. The van der Waals surface area contributed by atoms with Gasteiger partial charge in [0.25, 0.3) is 0 Å². The van der Waals surface area contributed by atoms with Crippen molar-refractivity contribution >= 4 is 15.9 Å². The number of sulfonamides is 1. The van der Waals surface area contributed by atoms with E-state index in [9.17, 15) is 13.2 Å². The summed E-state index contributed by atoms with van der Waals surface area (Å²) < 4.78 is 31.5. The van der Waals surface area contributed by atoms with Gasteiger partial charge in [-0.15, -0.1) is 0 Å². The number of rotatable bonds is 8. The molecule has 0 radical (unpaired) electrons. The summed E-state index contributed by atoms with van der Waals surface area (Å²) in [4.78, 5) is 16.7. The molecule has 2 aliphatic rings. The number of hydrogen-bond donors (Lipinski definition) is 0. The van der Waals surface area contributed by atoms with Gasteiger partial charge in [0.05, 0.1) is 19.5 Å². The topological polar surface area (TPSA) is 70.2 Å². The van der Waals surface area contributed by atoms with Gasteiger partial charge in [-0.25, -0.2) is 8.42 Å². The molecule has 0 aromatic carbocycles. The van der Waals surface area contributed by atoms with Crippen molar-refractivity contribution in [2.45, 2.75) is 39.2 Å². The summed E-state index contributed by atoms with van der Waals surface area (Å²) >= 11 is 0. The van der Waals surface area contributed by atoms with E-state index in [-0.39, 0.29) is 17.9 Å². The van der Waals surface area contributed by atoms with Gasteiger partial charge in [-0.1, -0.05) is 13.8 Å². The van der Waals surface area contributed by atoms with Gasteiger partial charge in [0.1, 0.15) is 0 Å². The third-order valence-electron chi connectivity index (χ3n) is 5.38. The third kappa shape index (κ3) is 5.64. The van der Waals surface area contributed by atoms with Gasteiger partial charge in [0, 0.05) is 51.2 Å². The lowest BCUT2D eigenvalue weighted by Crippen LogP contribution is -2.47. The maximum atomic E-state index is 12.6. The molecule has 7 nitrogen and oxygen atoms in total. The van der Waals surface area contributed by atoms with Gasteiger partial charge in [-0.2, -0.15) is 4.31 Å². The maximum Gasteiger partial charge on any atom is 0.225 e. The zero-order valence-electron chi connectivity index (χ0n) is 15.8. The summed E-state index contributed by atoms with van der Waals surface area (Å²) in [6.45, 7) is 9.55. The zero-order valence-corrected chi connectivity index (χ0v) is 16.6. The van der Waals surface area contributed by atoms with E-state index in [1.165, 1.54) is 6.26 Å². The van der Waals surface area contributed by atoms with Crippen molar-refractivity contribution in [1.82, 2.24) is 14.1 Å². The first-order chi connectivity index (χ1) is 11.9. The van der Waals surface area contributed by atoms with Crippen LogP contribution >= 0.6 is 0 Å². The number of ether oxygens (including phenoxy) is 1. The van der Waals surface area contributed by atoms with Crippen molar-refractivity contribution in [1.29, 1.82) is 0 Å². The number of hydrogen-bond acceptors (Lipinski definition) is 5. The van der Waals surface area contributed by atoms with Crippen molar-refractivity contribution < 1.29 is 17.9 Å². The molecule has 0 N–H and O–H groups in total. The highest BCUT2D eigenvalue weighted by atomic mass is 32.2. The fourth-order valence-corrected chi connectivity index (χ4v) is 4.88. The van der Waals surface area contributed by atoms with Crippen LogP contribution < -0.4 is 0 Å². The first-order valence-corrected chi connectivity index (χ1v) is 11.3. The van der Waals surface area contributed by atoms with Crippen LogP contribution in [0.5, 0.6) is 0 Å². The molecule has 1 amide bonds. The standard InChI is InChI=1S/C17H33N3O4S/c1-4-15(5-2)17(21)19-7-6-16(14-19)20(25(3,22)23)9-8-18-10-12-24-13-11-18/h15-16H,4-14H2,1-3H3. The first kappa shape index (κ1) is 20.6. The second kappa shape index (κ2) is 9.30. The number of carbonyl (C=O) groups excluding carboxylic acids is 1. The number of amides is 1. The number of morpholine rings is 1. The van der Waals surface area contributed by atoms with Crippen LogP contribution in [0.1, 0.15) is 33.1 Å². The Morgan fingerprint density at radius 1 is 1.20 bits per heavy atom. The predicted octanol–water partition coefficient (Wildman–Crippen LogP) is 0.617. The molecule has 0 aromatic rings. The van der Waals surface area contributed by atoms with Crippen molar-refractivity contribution in [2.75, 3.05) is 58.7 Å². The Morgan fingerprint density at radius 2 is 1.84 bits per heavy atom. The molecule has 25 heavy (non-hydrogen) atoms. The Kier molecular flexibility index (Phi) is 7.67. The molecule has 2 saturated heterocycles. The normalized spacial score (nSPS) is 22.9. The van der Waals surface area contributed by atoms with Crippen LogP contribution in [0.2, 0.25) is 0 Å². The lowest BCUT2D eigenvalue weighted by molar-refractivity contribution is -0.134. The van der Waals surface area contributed by atoms with Crippen LogP contribution in [0.3, 0.4) is 0 Å². The van der Waals surface area contributed by atoms with Gasteiger partial charge in [-0.05, 0) is 19.3 Å². The monoisotopic (exact) mass is 375 g/mol. The summed E-state index contributed by atoms with van der Waals surface area (Å²) in [5, 5.41) is 0. The molecule has 2 aliphatic heterocycles. The number of nitrogens with zero attached hydrogens (tertiary/aromatic N) is 3. The second-order valence-electron chi connectivity index (χ2n) is 7.07. The quantitative estimate of drug-likeness (QED) is 0.622. The van der Waals surface area contributed by atoms with E-state index in [0.29, 0.717) is 39.4 Å². The molecule has 146 valence electrons. The fourth-order valence-electron chi connectivity index (χ4n) is 3.76. The predicted molar refractivity (Wildman–Crippen MR) is 97.9 cm³/mol. The summed E-state index contributed by atoms with van der Waals surface area (Å²) in [6.07, 6.45) is 3.67. The van der Waals surface area contributed by atoms with Gasteiger partial charge in [0.15, 0.2) is 0 Å². The molecule has 0 aromatic heterocycles. The van der Waals surface area contributed by atoms with Crippen LogP contribution in [0.4, 0.5) is 0 Å². The molecule has 0 aliphatic carbocycles. The molecule has 8 heteroatoms. The SMILES string of the molecule is CCC(CC)C(=O)N1CCC(N(CCN2CCOCC2)S(C)(=O)=O)C1. The van der Waals surface area contributed by atoms with Crippen LogP contribution in [-0.4, -0.2) is 93.2 Å². The Bertz CT molecular complexity index is 530. The molecular formula is C17H33N3O4S. The van der Waals surface area contributed by atoms with Gasteiger partial charge < -0.3 is 9.64 Å². The number of carbonyl (C=O) groups is 1. The largest absolute Gasteiger partial charge is 0.379 e. The highest BCUT2D eigenvalue weighted by Gasteiger charge is 2.36. The Balaban J connectivity index is 1.95. The maximum absolute atomic E-state index is 12.6. The molecule has 0 saturated carbocycles. The Hall–Kier alpha value is -0.700. The van der Waals surface area contributed by atoms with Gasteiger partial charge >= 0.3 is 0 Å². The van der Waals surface area contributed by atoms with Crippen LogP contribution in [-0.2, 0) is 19.6 Å². The van der Waals surface area contributed by atoms with E-state index < -0.39 is 10.0 Å². The van der Waals surface area contributed by atoms with E-state index in [1.54, 1.807) is 4.31 Å². The molecule has 0 spiro atoms. The summed E-state index contributed by atoms with van der Waals surface area (Å²) in [6, 6.07) is -0.102. The Morgan fingerprint density at radius 3 is 2.40 bits per heavy atom. The van der Waals surface area contributed by atoms with Crippen LogP contribution in [0, 0.1) is 5.92 Å². The minimum Gasteiger partial charge on any atom is -0.379 e. The van der Waals surface area contributed by atoms with Crippen LogP contribution in [0.25, 0.3) is 0 Å². The average Bonchev–Trinajstić information content (AvgIpc) is 3.05. The molecule has 1 unspecified atom stereocenters. The second-order valence-corrected chi connectivity index (χ2v) is 9.00. The fraction of sp³-hybridized carbons (Fsp3) is 0.941. The number of likely N-dealkylation sites (tertiary alicyclic amines) is 1. The van der Waals surface area contributed by atoms with E-state index >= 15 is 0 Å². The summed E-state index contributed by atoms with van der Waals surface area (Å²) in [7, 11) is -3.29. The third-order valence-corrected chi connectivity index (χ3v) is 6.72. The Labute approximate surface area is 152 Å². The van der Waals surface area contributed by atoms with Crippen molar-refractivity contribution in [2.24, 2.45) is 5.92 Å². The molecule has 0 bridgehead atoms. The lowest BCUT2D eigenvalue weighted by atomic mass is 10.0. The lowest BCUT2D eigenvalue weighted by Gasteiger charge is -2.31. The van der Waals surface area contributed by atoms with E-state index in [0.717, 1.165) is 32.4 Å². The molecule has 2 rings (SSSR count). The van der Waals surface area contributed by atoms with E-state index in [2.05, 4.69) is 4.90 Å². The minimum absolute atomic E-state index is 0.0544. The summed E-state index contributed by atoms with van der Waals surface area (Å²) in [5.41, 5.74) is 0. The smallest absolute Gasteiger partial charge is 0.225 e. The van der Waals surface area contributed by atoms with Crippen molar-refractivity contribution in [3.05, 3.63) is 0 Å². The zero-order chi connectivity index (χ0) is 18.4. The average molecular weight is 376 g/mol. The van der Waals surface area contributed by atoms with Crippen molar-refractivity contribution in [3.63, 3.8) is 0 Å². The first-order valence-electron chi connectivity index (χ1n) is 9.42. The summed E-state index contributed by atoms with van der Waals surface area (Å²) in [5.74, 6) is 0.230. The van der Waals surface area contributed by atoms with E-state index in [4.69, 9.17) is 4.74 Å². The molecule has 2 heterocycles. The van der Waals surface area contributed by atoms with Crippen molar-refractivity contribution in [3.8, 4) is 0 Å². The molecule has 2 fully saturated rings. The van der Waals surface area contributed by atoms with Gasteiger partial charge in [0.2, 0.25) is 15.9 Å². The van der Waals surface area contributed by atoms with Gasteiger partial charge in [-0.3, -0.25) is 9.69 Å².